The third kappa shape index (κ3) is 5.77. The Balaban J connectivity index is 1.72. The summed E-state index contributed by atoms with van der Waals surface area (Å²) in [5, 5.41) is 9.95. The number of hydrogen-bond donors (Lipinski definition) is 1. The van der Waals surface area contributed by atoms with Gasteiger partial charge >= 0.3 is 0 Å². The molecule has 0 amide bonds. The van der Waals surface area contributed by atoms with Crippen molar-refractivity contribution in [3.05, 3.63) is 59.2 Å². The third-order valence-electron chi connectivity index (χ3n) is 6.14. The fraction of sp³-hybridized carbons (Fsp3) is 0.481. The van der Waals surface area contributed by atoms with E-state index in [-0.39, 0.29) is 24.3 Å². The Hall–Kier alpha value is -2.66. The van der Waals surface area contributed by atoms with Crippen LogP contribution in [-0.2, 0) is 17.8 Å². The predicted octanol–water partition coefficient (Wildman–Crippen LogP) is 5.31. The van der Waals surface area contributed by atoms with Gasteiger partial charge in [0.2, 0.25) is 0 Å². The van der Waals surface area contributed by atoms with Gasteiger partial charge in [-0.3, -0.25) is 4.79 Å². The third-order valence-corrected chi connectivity index (χ3v) is 6.14. The standard InChI is InChI=1S/C27H34O5/c1-18(29)13-14-23-26(30)25-21(17-28)15-22(16-24(25)32-27(23,3)4)31-19(2)9-8-12-20-10-6-5-7-11-20/h5-7,10-11,15-16,19,23,28H,8-9,12-14,17H2,1-4H3. The van der Waals surface area contributed by atoms with Crippen LogP contribution in [0.2, 0.25) is 0 Å². The Morgan fingerprint density at radius 2 is 1.94 bits per heavy atom. The Kier molecular flexibility index (Phi) is 7.73. The summed E-state index contributed by atoms with van der Waals surface area (Å²) >= 11 is 0. The van der Waals surface area contributed by atoms with Gasteiger partial charge in [-0.2, -0.15) is 0 Å². The van der Waals surface area contributed by atoms with Gasteiger partial charge in [0.15, 0.2) is 5.78 Å². The summed E-state index contributed by atoms with van der Waals surface area (Å²) in [6, 6.07) is 13.9. The first kappa shape index (κ1) is 24.0. The van der Waals surface area contributed by atoms with Crippen molar-refractivity contribution < 1.29 is 24.2 Å². The second-order valence-corrected chi connectivity index (χ2v) is 9.28. The highest BCUT2D eigenvalue weighted by atomic mass is 16.5. The zero-order valence-electron chi connectivity index (χ0n) is 19.5. The highest BCUT2D eigenvalue weighted by Gasteiger charge is 2.44. The summed E-state index contributed by atoms with van der Waals surface area (Å²) in [6.45, 7) is 7.01. The lowest BCUT2D eigenvalue weighted by Gasteiger charge is -2.39. The first-order chi connectivity index (χ1) is 15.2. The number of rotatable bonds is 10. The van der Waals surface area contributed by atoms with Crippen molar-refractivity contribution in [1.82, 2.24) is 0 Å². The molecule has 172 valence electrons. The summed E-state index contributed by atoms with van der Waals surface area (Å²) in [7, 11) is 0. The number of aliphatic hydroxyl groups excluding tert-OH is 1. The van der Waals surface area contributed by atoms with Crippen molar-refractivity contribution in [1.29, 1.82) is 0 Å². The van der Waals surface area contributed by atoms with Crippen LogP contribution in [0.25, 0.3) is 0 Å². The Bertz CT molecular complexity index is 948. The minimum Gasteiger partial charge on any atom is -0.491 e. The normalized spacial score (nSPS) is 17.9. The lowest BCUT2D eigenvalue weighted by atomic mass is 9.77. The molecular formula is C27H34O5. The molecule has 1 aliphatic rings. The van der Waals surface area contributed by atoms with E-state index in [1.165, 1.54) is 12.5 Å². The largest absolute Gasteiger partial charge is 0.491 e. The van der Waals surface area contributed by atoms with Crippen molar-refractivity contribution in [2.24, 2.45) is 5.92 Å². The van der Waals surface area contributed by atoms with Gasteiger partial charge in [-0.15, -0.1) is 0 Å². The topological polar surface area (TPSA) is 72.8 Å². The lowest BCUT2D eigenvalue weighted by Crippen LogP contribution is -2.46. The number of benzene rings is 2. The first-order valence-electron chi connectivity index (χ1n) is 11.4. The van der Waals surface area contributed by atoms with Crippen molar-refractivity contribution in [2.45, 2.75) is 78.1 Å². The summed E-state index contributed by atoms with van der Waals surface area (Å²) in [5.41, 5.74) is 1.47. The van der Waals surface area contributed by atoms with Gasteiger partial charge in [0.05, 0.1) is 24.2 Å². The Morgan fingerprint density at radius 3 is 2.59 bits per heavy atom. The van der Waals surface area contributed by atoms with E-state index in [4.69, 9.17) is 9.47 Å². The molecule has 2 aromatic carbocycles. The Morgan fingerprint density at radius 1 is 1.22 bits per heavy atom. The van der Waals surface area contributed by atoms with E-state index >= 15 is 0 Å². The van der Waals surface area contributed by atoms with E-state index in [0.717, 1.165) is 19.3 Å². The number of ether oxygens (including phenoxy) is 2. The maximum Gasteiger partial charge on any atom is 0.174 e. The minimum atomic E-state index is -0.744. The molecule has 0 aromatic heterocycles. The van der Waals surface area contributed by atoms with Crippen molar-refractivity contribution in [2.75, 3.05) is 0 Å². The number of ketones is 2. The number of Topliss-reactive ketones (excluding diaryl/α,β-unsaturated/α-hetero) is 2. The molecule has 0 saturated heterocycles. The molecule has 0 fully saturated rings. The van der Waals surface area contributed by atoms with Crippen molar-refractivity contribution >= 4 is 11.6 Å². The van der Waals surface area contributed by atoms with E-state index in [0.29, 0.717) is 35.5 Å². The highest BCUT2D eigenvalue weighted by molar-refractivity contribution is 6.03. The molecular weight excluding hydrogens is 404 g/mol. The fourth-order valence-corrected chi connectivity index (χ4v) is 4.40. The average Bonchev–Trinajstić information content (AvgIpc) is 2.72. The number of fused-ring (bicyclic) bond motifs is 1. The van der Waals surface area contributed by atoms with E-state index in [9.17, 15) is 14.7 Å². The highest BCUT2D eigenvalue weighted by Crippen LogP contribution is 2.42. The lowest BCUT2D eigenvalue weighted by molar-refractivity contribution is -0.117. The molecule has 0 aliphatic carbocycles. The number of aliphatic hydroxyl groups is 1. The number of hydrogen-bond acceptors (Lipinski definition) is 5. The Labute approximate surface area is 190 Å². The van der Waals surface area contributed by atoms with Crippen LogP contribution in [0.5, 0.6) is 11.5 Å². The van der Waals surface area contributed by atoms with Crippen LogP contribution in [0.1, 0.15) is 74.9 Å². The van der Waals surface area contributed by atoms with Crippen LogP contribution in [0.3, 0.4) is 0 Å². The summed E-state index contributed by atoms with van der Waals surface area (Å²) < 4.78 is 12.3. The zero-order chi connectivity index (χ0) is 23.3. The maximum atomic E-state index is 13.3. The summed E-state index contributed by atoms with van der Waals surface area (Å²) in [6.07, 6.45) is 3.63. The fourth-order valence-electron chi connectivity index (χ4n) is 4.40. The van der Waals surface area contributed by atoms with Gasteiger partial charge in [0.25, 0.3) is 0 Å². The SMILES string of the molecule is CC(=O)CCC1C(=O)c2c(CO)cc(OC(C)CCCc3ccccc3)cc2OC1(C)C. The molecule has 2 unspecified atom stereocenters. The quantitative estimate of drug-likeness (QED) is 0.544. The van der Waals surface area contributed by atoms with Crippen LogP contribution >= 0.6 is 0 Å². The molecule has 1 heterocycles. The molecule has 0 bridgehead atoms. The minimum absolute atomic E-state index is 0.0149. The number of carbonyl (C=O) groups excluding carboxylic acids is 2. The molecule has 5 nitrogen and oxygen atoms in total. The van der Waals surface area contributed by atoms with Crippen molar-refractivity contribution in [3.63, 3.8) is 0 Å². The van der Waals surface area contributed by atoms with Gasteiger partial charge in [0.1, 0.15) is 22.9 Å². The molecule has 1 N–H and O–H groups in total. The number of aryl methyl sites for hydroxylation is 1. The maximum absolute atomic E-state index is 13.3. The van der Waals surface area contributed by atoms with Crippen molar-refractivity contribution in [3.8, 4) is 11.5 Å². The monoisotopic (exact) mass is 438 g/mol. The molecule has 5 heteroatoms. The van der Waals surface area contributed by atoms with Gasteiger partial charge < -0.3 is 19.4 Å². The average molecular weight is 439 g/mol. The van der Waals surface area contributed by atoms with Gasteiger partial charge in [-0.1, -0.05) is 30.3 Å². The van der Waals surface area contributed by atoms with Gasteiger partial charge in [-0.25, -0.2) is 0 Å². The van der Waals surface area contributed by atoms with E-state index in [2.05, 4.69) is 12.1 Å². The molecule has 1 aliphatic heterocycles. The molecule has 0 radical (unpaired) electrons. The van der Waals surface area contributed by atoms with Gasteiger partial charge in [0, 0.05) is 12.5 Å². The predicted molar refractivity (Wildman–Crippen MR) is 124 cm³/mol. The number of carbonyl (C=O) groups is 2. The van der Waals surface area contributed by atoms with E-state index in [1.54, 1.807) is 12.1 Å². The molecule has 0 saturated carbocycles. The summed E-state index contributed by atoms with van der Waals surface area (Å²) in [5.74, 6) is 0.562. The molecule has 3 rings (SSSR count). The van der Waals surface area contributed by atoms with Crippen LogP contribution in [0, 0.1) is 5.92 Å². The molecule has 2 atom stereocenters. The molecule has 0 spiro atoms. The summed E-state index contributed by atoms with van der Waals surface area (Å²) in [4.78, 5) is 24.8. The second-order valence-electron chi connectivity index (χ2n) is 9.28. The van der Waals surface area contributed by atoms with E-state index < -0.39 is 11.5 Å². The molecule has 32 heavy (non-hydrogen) atoms. The first-order valence-corrected chi connectivity index (χ1v) is 11.4. The van der Waals surface area contributed by atoms with Gasteiger partial charge in [-0.05, 0) is 70.6 Å². The smallest absolute Gasteiger partial charge is 0.174 e. The molecule has 2 aromatic rings. The van der Waals surface area contributed by atoms with E-state index in [1.807, 2.05) is 39.0 Å². The van der Waals surface area contributed by atoms with Crippen LogP contribution in [-0.4, -0.2) is 28.4 Å². The zero-order valence-corrected chi connectivity index (χ0v) is 19.5. The van der Waals surface area contributed by atoms with Crippen LogP contribution in [0.15, 0.2) is 42.5 Å². The van der Waals surface area contributed by atoms with Crippen LogP contribution in [0.4, 0.5) is 0 Å². The van der Waals surface area contributed by atoms with Crippen LogP contribution < -0.4 is 9.47 Å². The second kappa shape index (κ2) is 10.3.